The summed E-state index contributed by atoms with van der Waals surface area (Å²) < 4.78 is 73.5. The van der Waals surface area contributed by atoms with Gasteiger partial charge in [-0.1, -0.05) is 24.8 Å². The number of unbranched alkanes of at least 4 members (excludes halogenated alkanes) is 1. The predicted octanol–water partition coefficient (Wildman–Crippen LogP) is 3.04. The van der Waals surface area contributed by atoms with Crippen LogP contribution in [-0.4, -0.2) is 60.6 Å². The number of phenolic OH excluding ortho intramolecular Hbond substituents is 1. The van der Waals surface area contributed by atoms with Crippen LogP contribution in [0.2, 0.25) is 0 Å². The molecule has 15 heteroatoms. The van der Waals surface area contributed by atoms with Crippen molar-refractivity contribution in [1.82, 2.24) is 10.0 Å². The van der Waals surface area contributed by atoms with Crippen molar-refractivity contribution in [3.8, 4) is 5.75 Å². The molecule has 4 aromatic carbocycles. The molecule has 0 heterocycles. The van der Waals surface area contributed by atoms with Gasteiger partial charge in [0.2, 0.25) is 15.9 Å². The van der Waals surface area contributed by atoms with Gasteiger partial charge in [-0.25, -0.2) is 16.8 Å². The molecule has 0 aliphatic heterocycles. The quantitative estimate of drug-likeness (QED) is 0.0589. The Labute approximate surface area is 239 Å². The highest BCUT2D eigenvalue weighted by Crippen LogP contribution is 2.44. The Morgan fingerprint density at radius 1 is 0.927 bits per heavy atom. The third kappa shape index (κ3) is 5.95. The molecule has 1 amide bonds. The molecule has 12 nitrogen and oxygen atoms in total. The van der Waals surface area contributed by atoms with Crippen LogP contribution < -0.4 is 10.0 Å². The van der Waals surface area contributed by atoms with Crippen molar-refractivity contribution in [3.05, 3.63) is 48.6 Å². The second-order valence-electron chi connectivity index (χ2n) is 9.38. The number of benzene rings is 4. The van der Waals surface area contributed by atoms with Crippen molar-refractivity contribution in [2.24, 2.45) is 0 Å². The van der Waals surface area contributed by atoms with E-state index in [-0.39, 0.29) is 73.2 Å². The van der Waals surface area contributed by atoms with E-state index < -0.39 is 49.1 Å². The molecule has 3 unspecified atom stereocenters. The van der Waals surface area contributed by atoms with E-state index in [2.05, 4.69) is 16.6 Å². The second-order valence-corrected chi connectivity index (χ2v) is 12.9. The zero-order chi connectivity index (χ0) is 30.2. The number of carboxylic acids is 1. The summed E-state index contributed by atoms with van der Waals surface area (Å²) in [4.78, 5) is 22.6. The van der Waals surface area contributed by atoms with Crippen molar-refractivity contribution >= 4 is 76.4 Å². The van der Waals surface area contributed by atoms with Crippen LogP contribution in [-0.2, 0) is 41.8 Å². The third-order valence-corrected chi connectivity index (χ3v) is 9.56. The van der Waals surface area contributed by atoms with Crippen LogP contribution in [0.25, 0.3) is 32.3 Å². The van der Waals surface area contributed by atoms with Gasteiger partial charge in [0.15, 0.2) is 22.2 Å². The molecule has 0 saturated heterocycles. The molecule has 4 aromatic rings. The Hall–Kier alpha value is -3.47. The van der Waals surface area contributed by atoms with E-state index in [1.165, 1.54) is 31.2 Å². The van der Waals surface area contributed by atoms with E-state index in [9.17, 15) is 45.7 Å². The Bertz CT molecular complexity index is 1870. The number of aromatic hydroxyl groups is 1. The molecule has 0 spiro atoms. The van der Waals surface area contributed by atoms with Crippen LogP contribution in [0.15, 0.2) is 63.2 Å². The number of rotatable bonds is 12. The standard InChI is InChI=1S/C26H26N2O10S3/c1-13(2)25(30)27-10-4-3-5-18(26(31)32)28-41(37,38)22-12-21(40(35)36)16-8-7-15-20(39(33)34)11-19(29)14-6-9-17(22)24(16)23(14)15/h6-9,11-12,18,28-29H,1,3-5,10H2,2H3,(H,27,30)(H,31,32)(H,33,34)(H,35,36). The lowest BCUT2D eigenvalue weighted by Crippen LogP contribution is -2.40. The van der Waals surface area contributed by atoms with Gasteiger partial charge in [-0.05, 0) is 44.4 Å². The molecule has 0 aliphatic rings. The van der Waals surface area contributed by atoms with Crippen molar-refractivity contribution in [2.45, 2.75) is 46.9 Å². The highest BCUT2D eigenvalue weighted by atomic mass is 32.2. The van der Waals surface area contributed by atoms with Crippen LogP contribution in [0.3, 0.4) is 0 Å². The van der Waals surface area contributed by atoms with Crippen molar-refractivity contribution in [1.29, 1.82) is 0 Å². The normalized spacial score (nSPS) is 14.3. The minimum atomic E-state index is -4.62. The van der Waals surface area contributed by atoms with Crippen molar-refractivity contribution in [3.63, 3.8) is 0 Å². The van der Waals surface area contributed by atoms with E-state index in [4.69, 9.17) is 0 Å². The number of carbonyl (C=O) groups excluding carboxylic acids is 1. The Kier molecular flexibility index (Phi) is 8.77. The van der Waals surface area contributed by atoms with E-state index in [0.29, 0.717) is 12.0 Å². The molecular weight excluding hydrogens is 596 g/mol. The molecule has 0 aliphatic carbocycles. The summed E-state index contributed by atoms with van der Waals surface area (Å²) >= 11 is -5.21. The van der Waals surface area contributed by atoms with Gasteiger partial charge in [0, 0.05) is 44.4 Å². The maximum absolute atomic E-state index is 13.6. The summed E-state index contributed by atoms with van der Waals surface area (Å²) in [5.74, 6) is -2.15. The lowest BCUT2D eigenvalue weighted by atomic mass is 9.94. The number of nitrogens with one attached hydrogen (secondary N) is 2. The lowest BCUT2D eigenvalue weighted by molar-refractivity contribution is -0.139. The zero-order valence-corrected chi connectivity index (χ0v) is 24.0. The van der Waals surface area contributed by atoms with E-state index >= 15 is 0 Å². The molecule has 0 saturated carbocycles. The monoisotopic (exact) mass is 622 g/mol. The highest BCUT2D eigenvalue weighted by Gasteiger charge is 2.29. The lowest BCUT2D eigenvalue weighted by Gasteiger charge is -2.19. The summed E-state index contributed by atoms with van der Waals surface area (Å²) in [6.45, 7) is 5.29. The van der Waals surface area contributed by atoms with E-state index in [0.717, 1.165) is 12.1 Å². The number of hydrogen-bond acceptors (Lipinski definition) is 7. The molecule has 0 radical (unpaired) electrons. The SMILES string of the molecule is C=C(C)C(=O)NCCCCC(NS(=O)(=O)c1cc(S(=O)O)c2ccc3c(S(=O)O)cc(O)c4ccc1c2c43)C(=O)O. The van der Waals surface area contributed by atoms with Crippen LogP contribution >= 0.6 is 0 Å². The predicted molar refractivity (Wildman–Crippen MR) is 153 cm³/mol. The first kappa shape index (κ1) is 30.5. The van der Waals surface area contributed by atoms with Crippen LogP contribution in [0.5, 0.6) is 5.75 Å². The van der Waals surface area contributed by atoms with Gasteiger partial charge in [-0.15, -0.1) is 0 Å². The molecule has 0 bridgehead atoms. The average Bonchev–Trinajstić information content (AvgIpc) is 2.90. The number of carboxylic acid groups (broad SMARTS) is 1. The van der Waals surface area contributed by atoms with Gasteiger partial charge < -0.3 is 24.6 Å². The largest absolute Gasteiger partial charge is 0.507 e. The summed E-state index contributed by atoms with van der Waals surface area (Å²) in [7, 11) is -4.62. The van der Waals surface area contributed by atoms with Crippen molar-refractivity contribution < 1.29 is 45.7 Å². The fourth-order valence-electron chi connectivity index (χ4n) is 4.70. The maximum atomic E-state index is 13.6. The summed E-state index contributed by atoms with van der Waals surface area (Å²) in [5, 5.41) is 23.9. The fourth-order valence-corrected chi connectivity index (χ4v) is 7.38. The Balaban J connectivity index is 1.80. The first-order valence-electron chi connectivity index (χ1n) is 12.1. The minimum Gasteiger partial charge on any atom is -0.507 e. The van der Waals surface area contributed by atoms with Crippen LogP contribution in [0.1, 0.15) is 26.2 Å². The molecule has 4 rings (SSSR count). The number of phenols is 1. The molecule has 0 aromatic heterocycles. The number of hydrogen-bond donors (Lipinski definition) is 6. The van der Waals surface area contributed by atoms with Gasteiger partial charge in [0.05, 0.1) is 14.7 Å². The molecule has 6 N–H and O–H groups in total. The van der Waals surface area contributed by atoms with E-state index in [1.54, 1.807) is 0 Å². The molecule has 0 fully saturated rings. The zero-order valence-electron chi connectivity index (χ0n) is 21.5. The molecule has 41 heavy (non-hydrogen) atoms. The summed E-state index contributed by atoms with van der Waals surface area (Å²) in [6, 6.07) is 6.18. The topological polar surface area (TPSA) is 207 Å². The number of amides is 1. The Morgan fingerprint density at radius 3 is 2.02 bits per heavy atom. The summed E-state index contributed by atoms with van der Waals surface area (Å²) in [6.07, 6.45) is 0.511. The second kappa shape index (κ2) is 11.8. The highest BCUT2D eigenvalue weighted by molar-refractivity contribution is 7.89. The Morgan fingerprint density at radius 2 is 1.46 bits per heavy atom. The summed E-state index contributed by atoms with van der Waals surface area (Å²) in [5.41, 5.74) is 0.314. The van der Waals surface area contributed by atoms with Gasteiger partial charge in [-0.3, -0.25) is 9.59 Å². The maximum Gasteiger partial charge on any atom is 0.321 e. The van der Waals surface area contributed by atoms with Gasteiger partial charge >= 0.3 is 5.97 Å². The van der Waals surface area contributed by atoms with Crippen LogP contribution in [0, 0.1) is 0 Å². The van der Waals surface area contributed by atoms with Gasteiger partial charge in [0.25, 0.3) is 0 Å². The molecule has 3 atom stereocenters. The first-order chi connectivity index (χ1) is 19.2. The average molecular weight is 623 g/mol. The van der Waals surface area contributed by atoms with Gasteiger partial charge in [0.1, 0.15) is 11.8 Å². The number of aliphatic carboxylic acids is 1. The number of carbonyl (C=O) groups is 2. The van der Waals surface area contributed by atoms with E-state index in [1.807, 2.05) is 0 Å². The number of sulfonamides is 1. The van der Waals surface area contributed by atoms with Crippen molar-refractivity contribution in [2.75, 3.05) is 6.54 Å². The molecule has 218 valence electrons. The third-order valence-electron chi connectivity index (χ3n) is 6.62. The molecular formula is C26H26N2O10S3. The fraction of sp³-hybridized carbons (Fsp3) is 0.231. The first-order valence-corrected chi connectivity index (χ1v) is 15.8. The minimum absolute atomic E-state index is 0.0479. The smallest absolute Gasteiger partial charge is 0.321 e. The van der Waals surface area contributed by atoms with Crippen LogP contribution in [0.4, 0.5) is 0 Å². The van der Waals surface area contributed by atoms with Gasteiger partial charge in [-0.2, -0.15) is 4.72 Å².